The Morgan fingerprint density at radius 1 is 1.05 bits per heavy atom. The van der Waals surface area contributed by atoms with Crippen molar-refractivity contribution < 1.29 is 19.1 Å². The van der Waals surface area contributed by atoms with Gasteiger partial charge in [-0.05, 0) is 31.5 Å². The van der Waals surface area contributed by atoms with Gasteiger partial charge in [0, 0.05) is 6.04 Å². The van der Waals surface area contributed by atoms with E-state index in [2.05, 4.69) is 0 Å². The summed E-state index contributed by atoms with van der Waals surface area (Å²) in [7, 11) is 3.02. The number of imide groups is 1. The molecule has 112 valence electrons. The van der Waals surface area contributed by atoms with Crippen LogP contribution in [0.25, 0.3) is 5.57 Å². The van der Waals surface area contributed by atoms with Crippen LogP contribution in [-0.2, 0) is 9.59 Å². The van der Waals surface area contributed by atoms with Crippen molar-refractivity contribution in [2.24, 2.45) is 0 Å². The number of amides is 2. The highest BCUT2D eigenvalue weighted by Gasteiger charge is 2.39. The second-order valence-electron chi connectivity index (χ2n) is 4.83. The lowest BCUT2D eigenvalue weighted by molar-refractivity contribution is -0.138. The van der Waals surface area contributed by atoms with E-state index in [1.165, 1.54) is 14.2 Å². The van der Waals surface area contributed by atoms with Crippen LogP contribution in [0.2, 0.25) is 0 Å². The lowest BCUT2D eigenvalue weighted by Gasteiger charge is -2.19. The van der Waals surface area contributed by atoms with Crippen LogP contribution < -0.4 is 9.47 Å². The van der Waals surface area contributed by atoms with Crippen molar-refractivity contribution in [3.8, 4) is 11.5 Å². The molecule has 0 atom stereocenters. The zero-order valence-electron chi connectivity index (χ0n) is 12.3. The number of nitrogens with zero attached hydrogens (tertiary/aromatic N) is 1. The van der Waals surface area contributed by atoms with Crippen molar-refractivity contribution in [3.05, 3.63) is 28.8 Å². The number of benzene rings is 1. The quantitative estimate of drug-likeness (QED) is 0.802. The predicted octanol–water partition coefficient (Wildman–Crippen LogP) is 2.43. The normalized spacial score (nSPS) is 15.2. The van der Waals surface area contributed by atoms with Crippen LogP contribution in [0.1, 0.15) is 19.4 Å². The molecule has 0 fully saturated rings. The number of carbonyl (C=O) groups is 2. The van der Waals surface area contributed by atoms with Crippen molar-refractivity contribution in [2.45, 2.75) is 19.9 Å². The molecule has 0 unspecified atom stereocenters. The highest BCUT2D eigenvalue weighted by molar-refractivity contribution is 6.55. The molecule has 0 spiro atoms. The van der Waals surface area contributed by atoms with Gasteiger partial charge >= 0.3 is 0 Å². The third-order valence-electron chi connectivity index (χ3n) is 3.25. The molecule has 0 radical (unpaired) electrons. The van der Waals surface area contributed by atoms with E-state index in [4.69, 9.17) is 21.1 Å². The Balaban J connectivity index is 2.51. The first-order valence-electron chi connectivity index (χ1n) is 6.42. The zero-order valence-corrected chi connectivity index (χ0v) is 13.0. The summed E-state index contributed by atoms with van der Waals surface area (Å²) in [4.78, 5) is 25.6. The van der Waals surface area contributed by atoms with E-state index < -0.39 is 11.8 Å². The fraction of sp³-hybridized carbons (Fsp3) is 0.333. The van der Waals surface area contributed by atoms with Gasteiger partial charge in [0.05, 0.1) is 19.8 Å². The molecule has 0 bridgehead atoms. The van der Waals surface area contributed by atoms with E-state index in [-0.39, 0.29) is 16.6 Å². The number of ether oxygens (including phenoxy) is 2. The van der Waals surface area contributed by atoms with Crippen LogP contribution in [-0.4, -0.2) is 37.0 Å². The van der Waals surface area contributed by atoms with Crippen molar-refractivity contribution in [1.82, 2.24) is 4.90 Å². The predicted molar refractivity (Wildman–Crippen MR) is 79.3 cm³/mol. The second kappa shape index (κ2) is 5.77. The summed E-state index contributed by atoms with van der Waals surface area (Å²) in [6, 6.07) is 4.72. The van der Waals surface area contributed by atoms with Crippen LogP contribution >= 0.6 is 11.6 Å². The Hall–Kier alpha value is -2.01. The molecule has 0 aromatic heterocycles. The highest BCUT2D eigenvalue weighted by atomic mass is 35.5. The molecular formula is C15H16ClNO4. The van der Waals surface area contributed by atoms with Crippen LogP contribution in [0.5, 0.6) is 11.5 Å². The standard InChI is InChI=1S/C15H16ClNO4/c1-8(2)17-14(18)12(13(16)15(17)19)9-5-6-10(20-3)11(7-9)21-4/h5-8H,1-4H3. The summed E-state index contributed by atoms with van der Waals surface area (Å²) in [5.74, 6) is 0.138. The third-order valence-corrected chi connectivity index (χ3v) is 3.60. The molecule has 2 amide bonds. The summed E-state index contributed by atoms with van der Waals surface area (Å²) >= 11 is 6.06. The molecule has 1 aromatic carbocycles. The van der Waals surface area contributed by atoms with Crippen molar-refractivity contribution >= 4 is 29.0 Å². The molecule has 2 rings (SSSR count). The number of hydrogen-bond donors (Lipinski definition) is 0. The van der Waals surface area contributed by atoms with Gasteiger partial charge in [-0.15, -0.1) is 0 Å². The van der Waals surface area contributed by atoms with Gasteiger partial charge in [-0.3, -0.25) is 14.5 Å². The fourth-order valence-corrected chi connectivity index (χ4v) is 2.51. The molecule has 21 heavy (non-hydrogen) atoms. The Labute approximate surface area is 128 Å². The lowest BCUT2D eigenvalue weighted by atomic mass is 10.1. The summed E-state index contributed by atoms with van der Waals surface area (Å²) < 4.78 is 10.4. The number of halogens is 1. The van der Waals surface area contributed by atoms with Crippen molar-refractivity contribution in [1.29, 1.82) is 0 Å². The summed E-state index contributed by atoms with van der Waals surface area (Å²) in [5, 5.41) is -0.0686. The van der Waals surface area contributed by atoms with Gasteiger partial charge in [-0.1, -0.05) is 17.7 Å². The largest absolute Gasteiger partial charge is 0.493 e. The minimum Gasteiger partial charge on any atom is -0.493 e. The Kier molecular flexibility index (Phi) is 4.23. The maximum Gasteiger partial charge on any atom is 0.273 e. The Morgan fingerprint density at radius 2 is 1.67 bits per heavy atom. The van der Waals surface area contributed by atoms with Gasteiger partial charge in [0.2, 0.25) is 0 Å². The molecule has 0 aliphatic carbocycles. The van der Waals surface area contributed by atoms with E-state index in [0.29, 0.717) is 17.1 Å². The van der Waals surface area contributed by atoms with Gasteiger partial charge in [-0.2, -0.15) is 0 Å². The molecule has 1 aliphatic rings. The molecule has 1 aromatic rings. The van der Waals surface area contributed by atoms with E-state index in [1.807, 2.05) is 0 Å². The van der Waals surface area contributed by atoms with Crippen LogP contribution in [0.15, 0.2) is 23.2 Å². The molecule has 1 heterocycles. The summed E-state index contributed by atoms with van der Waals surface area (Å²) in [5.41, 5.74) is 0.718. The SMILES string of the molecule is COc1ccc(C2=C(Cl)C(=O)N(C(C)C)C2=O)cc1OC. The van der Waals surface area contributed by atoms with Crippen molar-refractivity contribution in [3.63, 3.8) is 0 Å². The molecule has 5 nitrogen and oxygen atoms in total. The lowest BCUT2D eigenvalue weighted by Crippen LogP contribution is -2.37. The molecule has 0 saturated carbocycles. The number of hydrogen-bond acceptors (Lipinski definition) is 4. The monoisotopic (exact) mass is 309 g/mol. The fourth-order valence-electron chi connectivity index (χ4n) is 2.23. The molecule has 0 N–H and O–H groups in total. The second-order valence-corrected chi connectivity index (χ2v) is 5.21. The van der Waals surface area contributed by atoms with E-state index in [9.17, 15) is 9.59 Å². The number of methoxy groups -OCH3 is 2. The van der Waals surface area contributed by atoms with Crippen molar-refractivity contribution in [2.75, 3.05) is 14.2 Å². The molecular weight excluding hydrogens is 294 g/mol. The average Bonchev–Trinajstić information content (AvgIpc) is 2.68. The number of rotatable bonds is 4. The van der Waals surface area contributed by atoms with Gasteiger partial charge in [0.25, 0.3) is 11.8 Å². The van der Waals surface area contributed by atoms with E-state index in [0.717, 1.165) is 4.90 Å². The van der Waals surface area contributed by atoms with E-state index >= 15 is 0 Å². The first kappa shape index (κ1) is 15.4. The third kappa shape index (κ3) is 2.49. The average molecular weight is 310 g/mol. The first-order chi connectivity index (χ1) is 9.92. The van der Waals surface area contributed by atoms with Crippen LogP contribution in [0.3, 0.4) is 0 Å². The first-order valence-corrected chi connectivity index (χ1v) is 6.80. The molecule has 1 aliphatic heterocycles. The summed E-state index contributed by atoms with van der Waals surface area (Å²) in [6.07, 6.45) is 0. The van der Waals surface area contributed by atoms with Gasteiger partial charge in [0.15, 0.2) is 11.5 Å². The topological polar surface area (TPSA) is 55.8 Å². The molecule has 6 heteroatoms. The molecule has 0 saturated heterocycles. The van der Waals surface area contributed by atoms with E-state index in [1.54, 1.807) is 32.0 Å². The zero-order chi connectivity index (χ0) is 15.7. The smallest absolute Gasteiger partial charge is 0.273 e. The van der Waals surface area contributed by atoms with Gasteiger partial charge in [-0.25, -0.2) is 0 Å². The minimum absolute atomic E-state index is 0.0686. The maximum absolute atomic E-state index is 12.4. The van der Waals surface area contributed by atoms with Crippen LogP contribution in [0, 0.1) is 0 Å². The van der Waals surface area contributed by atoms with Gasteiger partial charge in [0.1, 0.15) is 5.03 Å². The number of carbonyl (C=O) groups excluding carboxylic acids is 2. The summed E-state index contributed by atoms with van der Waals surface area (Å²) in [6.45, 7) is 3.52. The Bertz CT molecular complexity index is 637. The van der Waals surface area contributed by atoms with Gasteiger partial charge < -0.3 is 9.47 Å². The van der Waals surface area contributed by atoms with Crippen LogP contribution in [0.4, 0.5) is 0 Å². The Morgan fingerprint density at radius 3 is 2.14 bits per heavy atom. The highest BCUT2D eigenvalue weighted by Crippen LogP contribution is 2.36. The minimum atomic E-state index is -0.471. The maximum atomic E-state index is 12.4.